The fraction of sp³-hybridized carbons (Fsp3) is 0.684. The first-order chi connectivity index (χ1) is 12.3. The molecule has 3 rings (SSSR count). The molecule has 1 saturated heterocycles. The van der Waals surface area contributed by atoms with Crippen LogP contribution in [0.3, 0.4) is 0 Å². The predicted octanol–water partition coefficient (Wildman–Crippen LogP) is 2.31. The fourth-order valence-electron chi connectivity index (χ4n) is 3.07. The second kappa shape index (κ2) is 10.9. The molecule has 2 heterocycles. The molecular formula is C19H33IN6. The summed E-state index contributed by atoms with van der Waals surface area (Å²) >= 11 is 0. The summed E-state index contributed by atoms with van der Waals surface area (Å²) in [6.07, 6.45) is 4.67. The van der Waals surface area contributed by atoms with Crippen LogP contribution in [0, 0.1) is 5.92 Å². The number of aliphatic imine (C=N–C) groups is 1. The lowest BCUT2D eigenvalue weighted by Crippen LogP contribution is -2.46. The van der Waals surface area contributed by atoms with Crippen molar-refractivity contribution >= 4 is 35.8 Å². The van der Waals surface area contributed by atoms with Crippen LogP contribution >= 0.6 is 24.0 Å². The van der Waals surface area contributed by atoms with Gasteiger partial charge in [0.25, 0.3) is 0 Å². The summed E-state index contributed by atoms with van der Waals surface area (Å²) in [6, 6.07) is 4.29. The average Bonchev–Trinajstić information content (AvgIpc) is 3.49. The van der Waals surface area contributed by atoms with Crippen molar-refractivity contribution in [1.82, 2.24) is 20.5 Å². The summed E-state index contributed by atoms with van der Waals surface area (Å²) in [5, 5.41) is 6.75. The molecule has 1 aliphatic carbocycles. The first kappa shape index (κ1) is 21.2. The first-order valence-electron chi connectivity index (χ1n) is 9.73. The Morgan fingerprint density at radius 2 is 1.92 bits per heavy atom. The van der Waals surface area contributed by atoms with Crippen LogP contribution in [0.1, 0.15) is 32.3 Å². The summed E-state index contributed by atoms with van der Waals surface area (Å²) in [6.45, 7) is 12.4. The maximum absolute atomic E-state index is 4.68. The highest BCUT2D eigenvalue weighted by Crippen LogP contribution is 2.27. The van der Waals surface area contributed by atoms with Gasteiger partial charge in [0.2, 0.25) is 0 Å². The normalized spacial score (nSPS) is 18.4. The van der Waals surface area contributed by atoms with E-state index in [1.807, 2.05) is 6.20 Å². The van der Waals surface area contributed by atoms with Gasteiger partial charge in [-0.25, -0.2) is 9.98 Å². The van der Waals surface area contributed by atoms with E-state index in [4.69, 9.17) is 0 Å². The van der Waals surface area contributed by atoms with E-state index in [0.29, 0.717) is 6.54 Å². The van der Waals surface area contributed by atoms with Gasteiger partial charge >= 0.3 is 0 Å². The van der Waals surface area contributed by atoms with Crippen LogP contribution in [0.25, 0.3) is 0 Å². The molecule has 6 nitrogen and oxygen atoms in total. The lowest BCUT2D eigenvalue weighted by molar-refractivity contribution is 0.270. The lowest BCUT2D eigenvalue weighted by Gasteiger charge is -2.34. The Morgan fingerprint density at radius 3 is 2.50 bits per heavy atom. The average molecular weight is 472 g/mol. The van der Waals surface area contributed by atoms with Gasteiger partial charge in [-0.15, -0.1) is 24.0 Å². The summed E-state index contributed by atoms with van der Waals surface area (Å²) in [7, 11) is 0. The second-order valence-electron chi connectivity index (χ2n) is 6.97. The number of nitrogens with one attached hydrogen (secondary N) is 2. The largest absolute Gasteiger partial charge is 0.357 e. The molecule has 2 fully saturated rings. The minimum atomic E-state index is 0. The number of pyridine rings is 1. The quantitative estimate of drug-likeness (QED) is 0.363. The van der Waals surface area contributed by atoms with Crippen LogP contribution in [0.4, 0.5) is 5.82 Å². The van der Waals surface area contributed by atoms with Crippen molar-refractivity contribution in [3.05, 3.63) is 23.9 Å². The molecule has 7 heteroatoms. The van der Waals surface area contributed by atoms with Gasteiger partial charge in [-0.2, -0.15) is 0 Å². The maximum atomic E-state index is 4.68. The number of likely N-dealkylation sites (N-methyl/N-ethyl adjacent to an activating group) is 1. The van der Waals surface area contributed by atoms with Gasteiger partial charge in [0.1, 0.15) is 5.82 Å². The third-order valence-corrected chi connectivity index (χ3v) is 4.97. The van der Waals surface area contributed by atoms with E-state index in [1.54, 1.807) is 0 Å². The Kier molecular flexibility index (Phi) is 8.90. The van der Waals surface area contributed by atoms with Gasteiger partial charge < -0.3 is 20.4 Å². The molecule has 0 aromatic carbocycles. The summed E-state index contributed by atoms with van der Waals surface area (Å²) in [5.74, 6) is 2.84. The number of anilines is 1. The molecule has 0 unspecified atom stereocenters. The number of piperazine rings is 1. The Balaban J connectivity index is 0.00000243. The van der Waals surface area contributed by atoms with Crippen molar-refractivity contribution in [1.29, 1.82) is 0 Å². The highest BCUT2D eigenvalue weighted by atomic mass is 127. The van der Waals surface area contributed by atoms with E-state index < -0.39 is 0 Å². The van der Waals surface area contributed by atoms with Crippen molar-refractivity contribution < 1.29 is 0 Å². The van der Waals surface area contributed by atoms with E-state index in [9.17, 15) is 0 Å². The molecular weight excluding hydrogens is 439 g/mol. The van der Waals surface area contributed by atoms with E-state index in [1.165, 1.54) is 12.8 Å². The van der Waals surface area contributed by atoms with Gasteiger partial charge in [-0.1, -0.05) is 13.0 Å². The van der Waals surface area contributed by atoms with E-state index >= 15 is 0 Å². The molecule has 1 aliphatic heterocycles. The Hall–Kier alpha value is -1.09. The number of hydrogen-bond acceptors (Lipinski definition) is 4. The highest BCUT2D eigenvalue weighted by molar-refractivity contribution is 14.0. The molecule has 0 atom stereocenters. The number of halogens is 1. The van der Waals surface area contributed by atoms with Gasteiger partial charge in [0.15, 0.2) is 5.96 Å². The Bertz CT molecular complexity index is 550. The van der Waals surface area contributed by atoms with Crippen LogP contribution in [0.5, 0.6) is 0 Å². The molecule has 1 aromatic rings. The monoisotopic (exact) mass is 472 g/mol. The minimum absolute atomic E-state index is 0. The number of rotatable bonds is 7. The number of aromatic nitrogens is 1. The van der Waals surface area contributed by atoms with Crippen LogP contribution in [0.15, 0.2) is 23.3 Å². The third-order valence-electron chi connectivity index (χ3n) is 4.97. The van der Waals surface area contributed by atoms with Crippen LogP contribution < -0.4 is 15.5 Å². The summed E-state index contributed by atoms with van der Waals surface area (Å²) in [5.41, 5.74) is 1.15. The van der Waals surface area contributed by atoms with Crippen molar-refractivity contribution in [3.63, 3.8) is 0 Å². The molecule has 26 heavy (non-hydrogen) atoms. The molecule has 0 spiro atoms. The molecule has 0 radical (unpaired) electrons. The zero-order valence-electron chi connectivity index (χ0n) is 16.1. The third kappa shape index (κ3) is 6.57. The zero-order chi connectivity index (χ0) is 17.5. The molecule has 0 amide bonds. The highest BCUT2D eigenvalue weighted by Gasteiger charge is 2.21. The molecule has 146 valence electrons. The van der Waals surface area contributed by atoms with Crippen molar-refractivity contribution in [2.24, 2.45) is 10.9 Å². The molecule has 2 aliphatic rings. The fourth-order valence-corrected chi connectivity index (χ4v) is 3.07. The van der Waals surface area contributed by atoms with Crippen molar-refractivity contribution in [2.75, 3.05) is 50.7 Å². The first-order valence-corrected chi connectivity index (χ1v) is 9.73. The molecule has 1 aromatic heterocycles. The minimum Gasteiger partial charge on any atom is -0.357 e. The van der Waals surface area contributed by atoms with Gasteiger partial charge in [-0.05, 0) is 43.9 Å². The van der Waals surface area contributed by atoms with Gasteiger partial charge in [0, 0.05) is 45.5 Å². The smallest absolute Gasteiger partial charge is 0.191 e. The number of guanidine groups is 1. The number of hydrogen-bond donors (Lipinski definition) is 2. The van der Waals surface area contributed by atoms with Crippen LogP contribution in [-0.2, 0) is 6.54 Å². The van der Waals surface area contributed by atoms with Crippen molar-refractivity contribution in [2.45, 2.75) is 33.2 Å². The predicted molar refractivity (Wildman–Crippen MR) is 120 cm³/mol. The Morgan fingerprint density at radius 1 is 1.15 bits per heavy atom. The zero-order valence-corrected chi connectivity index (χ0v) is 18.4. The van der Waals surface area contributed by atoms with E-state index in [0.717, 1.165) is 69.1 Å². The van der Waals surface area contributed by atoms with Crippen LogP contribution in [0.2, 0.25) is 0 Å². The molecule has 2 N–H and O–H groups in total. The van der Waals surface area contributed by atoms with E-state index in [-0.39, 0.29) is 24.0 Å². The molecule has 1 saturated carbocycles. The summed E-state index contributed by atoms with van der Waals surface area (Å²) < 4.78 is 0. The summed E-state index contributed by atoms with van der Waals surface area (Å²) in [4.78, 5) is 14.2. The van der Waals surface area contributed by atoms with Gasteiger partial charge in [-0.3, -0.25) is 0 Å². The second-order valence-corrected chi connectivity index (χ2v) is 6.97. The maximum Gasteiger partial charge on any atom is 0.191 e. The van der Waals surface area contributed by atoms with Crippen LogP contribution in [-0.4, -0.2) is 61.7 Å². The SMILES string of the molecule is CCNC(=NCc1ccc(N2CCN(CC)CC2)nc1)NCC1CC1.I. The Labute approximate surface area is 174 Å². The lowest BCUT2D eigenvalue weighted by atomic mass is 10.2. The standard InChI is InChI=1S/C19H32N6.HI/c1-3-20-19(22-13-16-5-6-16)23-15-17-7-8-18(21-14-17)25-11-9-24(4-2)10-12-25;/h7-8,14,16H,3-6,9-13,15H2,1-2H3,(H2,20,22,23);1H. The van der Waals surface area contributed by atoms with Gasteiger partial charge in [0.05, 0.1) is 6.54 Å². The van der Waals surface area contributed by atoms with E-state index in [2.05, 4.69) is 56.4 Å². The topological polar surface area (TPSA) is 55.8 Å². The molecule has 0 bridgehead atoms. The van der Waals surface area contributed by atoms with Crippen molar-refractivity contribution in [3.8, 4) is 0 Å². The number of nitrogens with zero attached hydrogens (tertiary/aromatic N) is 4.